The molecule has 1 heterocycles. The minimum absolute atomic E-state index is 0.0412. The van der Waals surface area contributed by atoms with Gasteiger partial charge in [-0.1, -0.05) is 6.07 Å². The van der Waals surface area contributed by atoms with Crippen molar-refractivity contribution >= 4 is 21.6 Å². The van der Waals surface area contributed by atoms with Crippen LogP contribution in [0.4, 0.5) is 14.5 Å². The predicted octanol–water partition coefficient (Wildman–Crippen LogP) is 1.33. The molecule has 3 rings (SSSR count). The Morgan fingerprint density at radius 2 is 1.89 bits per heavy atom. The summed E-state index contributed by atoms with van der Waals surface area (Å²) in [6.07, 6.45) is 0.658. The molecule has 0 aromatic heterocycles. The van der Waals surface area contributed by atoms with Gasteiger partial charge in [0, 0.05) is 24.3 Å². The molecule has 0 saturated heterocycles. The average molecular weight is 395 g/mol. The highest BCUT2D eigenvalue weighted by molar-refractivity contribution is 7.89. The van der Waals surface area contributed by atoms with E-state index in [1.165, 1.54) is 30.3 Å². The molecule has 1 aliphatic rings. The van der Waals surface area contributed by atoms with E-state index in [4.69, 9.17) is 5.14 Å². The molecule has 6 nitrogen and oxygen atoms in total. The lowest BCUT2D eigenvalue weighted by Gasteiger charge is -2.19. The van der Waals surface area contributed by atoms with Gasteiger partial charge in [-0.2, -0.15) is 0 Å². The predicted molar refractivity (Wildman–Crippen MR) is 96.8 cm³/mol. The average Bonchev–Trinajstić information content (AvgIpc) is 2.99. The standard InChI is InChI=1S/C18H19F2N3O3S/c19-15-2-1-3-16(20)14(15)6-8-22-18(24)11-23-9-7-12-10-13(27(21,25)26)4-5-17(12)23/h1-5,10H,6-9,11H2,(H,22,24)(H2,21,25,26). The van der Waals surface area contributed by atoms with Crippen molar-refractivity contribution in [3.05, 3.63) is 59.2 Å². The van der Waals surface area contributed by atoms with Crippen LogP contribution in [0.2, 0.25) is 0 Å². The second-order valence-corrected chi connectivity index (χ2v) is 7.87. The van der Waals surface area contributed by atoms with Crippen LogP contribution in [-0.2, 0) is 27.7 Å². The van der Waals surface area contributed by atoms with Gasteiger partial charge >= 0.3 is 0 Å². The number of primary sulfonamides is 1. The molecule has 0 spiro atoms. The number of nitrogens with two attached hydrogens (primary N) is 1. The summed E-state index contributed by atoms with van der Waals surface area (Å²) in [6, 6.07) is 8.20. The summed E-state index contributed by atoms with van der Waals surface area (Å²) in [4.78, 5) is 14.0. The van der Waals surface area contributed by atoms with Crippen LogP contribution in [-0.4, -0.2) is 34.0 Å². The van der Waals surface area contributed by atoms with Gasteiger partial charge in [-0.25, -0.2) is 22.3 Å². The number of rotatable bonds is 6. The normalized spacial score (nSPS) is 13.5. The molecule has 2 aromatic rings. The fraction of sp³-hybridized carbons (Fsp3) is 0.278. The van der Waals surface area contributed by atoms with E-state index < -0.39 is 21.7 Å². The van der Waals surface area contributed by atoms with Gasteiger partial charge < -0.3 is 10.2 Å². The molecule has 1 amide bonds. The van der Waals surface area contributed by atoms with Crippen LogP contribution >= 0.6 is 0 Å². The Balaban J connectivity index is 1.57. The number of hydrogen-bond donors (Lipinski definition) is 2. The summed E-state index contributed by atoms with van der Waals surface area (Å²) in [5, 5.41) is 7.78. The SMILES string of the molecule is NS(=O)(=O)c1ccc2c(c1)CCN2CC(=O)NCCc1c(F)cccc1F. The van der Waals surface area contributed by atoms with Crippen LogP contribution in [0.25, 0.3) is 0 Å². The van der Waals surface area contributed by atoms with Crippen LogP contribution in [0.5, 0.6) is 0 Å². The van der Waals surface area contributed by atoms with E-state index in [0.29, 0.717) is 13.0 Å². The van der Waals surface area contributed by atoms with Gasteiger partial charge in [-0.15, -0.1) is 0 Å². The minimum Gasteiger partial charge on any atom is -0.362 e. The van der Waals surface area contributed by atoms with Gasteiger partial charge in [0.05, 0.1) is 11.4 Å². The fourth-order valence-corrected chi connectivity index (χ4v) is 3.68. The lowest BCUT2D eigenvalue weighted by Crippen LogP contribution is -2.37. The van der Waals surface area contributed by atoms with Crippen molar-refractivity contribution in [1.29, 1.82) is 0 Å². The maximum absolute atomic E-state index is 13.6. The number of halogens is 2. The largest absolute Gasteiger partial charge is 0.362 e. The minimum atomic E-state index is -3.77. The third-order valence-corrected chi connectivity index (χ3v) is 5.38. The van der Waals surface area contributed by atoms with Gasteiger partial charge in [0.1, 0.15) is 11.6 Å². The summed E-state index contributed by atoms with van der Waals surface area (Å²) in [7, 11) is -3.77. The van der Waals surface area contributed by atoms with Gasteiger partial charge in [-0.3, -0.25) is 4.79 Å². The molecule has 0 radical (unpaired) electrons. The van der Waals surface area contributed by atoms with Crippen LogP contribution in [0.15, 0.2) is 41.3 Å². The number of benzene rings is 2. The molecular weight excluding hydrogens is 376 g/mol. The van der Waals surface area contributed by atoms with Crippen LogP contribution in [0.3, 0.4) is 0 Å². The molecule has 0 fully saturated rings. The van der Waals surface area contributed by atoms with Crippen LogP contribution in [0.1, 0.15) is 11.1 Å². The fourth-order valence-electron chi connectivity index (χ4n) is 3.12. The Morgan fingerprint density at radius 1 is 1.19 bits per heavy atom. The molecule has 0 bridgehead atoms. The number of hydrogen-bond acceptors (Lipinski definition) is 4. The number of amides is 1. The quantitative estimate of drug-likeness (QED) is 0.772. The van der Waals surface area contributed by atoms with Crippen molar-refractivity contribution < 1.29 is 22.0 Å². The molecule has 0 aliphatic carbocycles. The van der Waals surface area contributed by atoms with Gasteiger partial charge in [0.2, 0.25) is 15.9 Å². The molecular formula is C18H19F2N3O3S. The summed E-state index contributed by atoms with van der Waals surface area (Å²) in [5.74, 6) is -1.55. The second-order valence-electron chi connectivity index (χ2n) is 6.31. The number of nitrogens with zero attached hydrogens (tertiary/aromatic N) is 1. The summed E-state index contributed by atoms with van der Waals surface area (Å²) in [6.45, 7) is 0.752. The first-order valence-electron chi connectivity index (χ1n) is 8.36. The Hall–Kier alpha value is -2.52. The summed E-state index contributed by atoms with van der Waals surface area (Å²) >= 11 is 0. The van der Waals surface area contributed by atoms with E-state index in [-0.39, 0.29) is 35.9 Å². The molecule has 3 N–H and O–H groups in total. The van der Waals surface area contributed by atoms with Crippen molar-refractivity contribution in [1.82, 2.24) is 5.32 Å². The number of anilines is 1. The van der Waals surface area contributed by atoms with Gasteiger partial charge in [0.25, 0.3) is 0 Å². The Kier molecular flexibility index (Phi) is 5.43. The molecule has 0 atom stereocenters. The van der Waals surface area contributed by atoms with E-state index in [1.807, 2.05) is 4.90 Å². The first kappa shape index (κ1) is 19.2. The Bertz CT molecular complexity index is 960. The first-order valence-corrected chi connectivity index (χ1v) is 9.90. The topological polar surface area (TPSA) is 92.5 Å². The van der Waals surface area contributed by atoms with Crippen molar-refractivity contribution in [3.63, 3.8) is 0 Å². The molecule has 0 unspecified atom stereocenters. The van der Waals surface area contributed by atoms with E-state index in [1.54, 1.807) is 6.07 Å². The van der Waals surface area contributed by atoms with Gasteiger partial charge in [0.15, 0.2) is 0 Å². The molecule has 2 aromatic carbocycles. The zero-order chi connectivity index (χ0) is 19.6. The zero-order valence-corrected chi connectivity index (χ0v) is 15.2. The lowest BCUT2D eigenvalue weighted by atomic mass is 10.1. The number of fused-ring (bicyclic) bond motifs is 1. The Labute approximate surface area is 156 Å². The Morgan fingerprint density at radius 3 is 2.56 bits per heavy atom. The first-order chi connectivity index (χ1) is 12.8. The van der Waals surface area contributed by atoms with Crippen molar-refractivity contribution in [2.24, 2.45) is 5.14 Å². The maximum Gasteiger partial charge on any atom is 0.239 e. The number of nitrogens with one attached hydrogen (secondary N) is 1. The van der Waals surface area contributed by atoms with Crippen molar-refractivity contribution in [2.45, 2.75) is 17.7 Å². The third-order valence-electron chi connectivity index (χ3n) is 4.46. The monoisotopic (exact) mass is 395 g/mol. The van der Waals surface area contributed by atoms with Crippen LogP contribution in [0, 0.1) is 11.6 Å². The third kappa shape index (κ3) is 4.42. The molecule has 9 heteroatoms. The van der Waals surface area contributed by atoms with E-state index in [9.17, 15) is 22.0 Å². The summed E-state index contributed by atoms with van der Waals surface area (Å²) in [5.41, 5.74) is 1.53. The van der Waals surface area contributed by atoms with E-state index in [2.05, 4.69) is 5.32 Å². The molecule has 144 valence electrons. The highest BCUT2D eigenvalue weighted by Gasteiger charge is 2.23. The molecule has 1 aliphatic heterocycles. The van der Waals surface area contributed by atoms with E-state index >= 15 is 0 Å². The number of carbonyl (C=O) groups excluding carboxylic acids is 1. The van der Waals surface area contributed by atoms with E-state index in [0.717, 1.165) is 11.3 Å². The highest BCUT2D eigenvalue weighted by atomic mass is 32.2. The highest BCUT2D eigenvalue weighted by Crippen LogP contribution is 2.29. The zero-order valence-electron chi connectivity index (χ0n) is 14.4. The number of sulfonamides is 1. The maximum atomic E-state index is 13.6. The smallest absolute Gasteiger partial charge is 0.239 e. The molecule has 27 heavy (non-hydrogen) atoms. The number of carbonyl (C=O) groups is 1. The lowest BCUT2D eigenvalue weighted by molar-refractivity contribution is -0.119. The van der Waals surface area contributed by atoms with Crippen molar-refractivity contribution in [2.75, 3.05) is 24.5 Å². The molecule has 0 saturated carbocycles. The van der Waals surface area contributed by atoms with Gasteiger partial charge in [-0.05, 0) is 48.7 Å². The second kappa shape index (κ2) is 7.61. The van der Waals surface area contributed by atoms with Crippen molar-refractivity contribution in [3.8, 4) is 0 Å². The summed E-state index contributed by atoms with van der Waals surface area (Å²) < 4.78 is 50.0. The van der Waals surface area contributed by atoms with Crippen LogP contribution < -0.4 is 15.4 Å².